The van der Waals surface area contributed by atoms with E-state index in [4.69, 9.17) is 4.52 Å². The minimum Gasteiger partial charge on any atom is -0.359 e. The van der Waals surface area contributed by atoms with Crippen molar-refractivity contribution in [2.24, 2.45) is 5.92 Å². The fourth-order valence-corrected chi connectivity index (χ4v) is 3.31. The molecule has 0 radical (unpaired) electrons. The van der Waals surface area contributed by atoms with Crippen molar-refractivity contribution in [3.05, 3.63) is 40.9 Å². The summed E-state index contributed by atoms with van der Waals surface area (Å²) in [4.78, 5) is 16.4. The SMILES string of the molecule is Cc1cc2c(cc(C)n2Cc2cc(C(F)(F)F)no2)nc1NC(=O)C[C@H]1CC1(F)F. The molecule has 1 amide bonds. The van der Waals surface area contributed by atoms with Gasteiger partial charge < -0.3 is 14.4 Å². The third-order valence-corrected chi connectivity index (χ3v) is 5.09. The number of hydrogen-bond donors (Lipinski definition) is 1. The number of fused-ring (bicyclic) bond motifs is 1. The first-order chi connectivity index (χ1) is 13.9. The summed E-state index contributed by atoms with van der Waals surface area (Å²) in [5.74, 6) is -3.96. The summed E-state index contributed by atoms with van der Waals surface area (Å²) < 4.78 is 70.7. The van der Waals surface area contributed by atoms with Crippen LogP contribution in [0.25, 0.3) is 11.0 Å². The third-order valence-electron chi connectivity index (χ3n) is 5.09. The zero-order valence-corrected chi connectivity index (χ0v) is 16.0. The summed E-state index contributed by atoms with van der Waals surface area (Å²) in [7, 11) is 0. The lowest BCUT2D eigenvalue weighted by molar-refractivity contribution is -0.142. The van der Waals surface area contributed by atoms with Gasteiger partial charge in [0, 0.05) is 30.5 Å². The molecule has 1 saturated carbocycles. The molecule has 0 bridgehead atoms. The molecule has 0 unspecified atom stereocenters. The largest absolute Gasteiger partial charge is 0.436 e. The maximum atomic E-state index is 13.0. The highest BCUT2D eigenvalue weighted by Crippen LogP contribution is 2.50. The van der Waals surface area contributed by atoms with Crippen molar-refractivity contribution in [3.8, 4) is 0 Å². The van der Waals surface area contributed by atoms with Crippen LogP contribution in [0.15, 0.2) is 22.7 Å². The van der Waals surface area contributed by atoms with Gasteiger partial charge in [0.2, 0.25) is 5.91 Å². The Kier molecular flexibility index (Phi) is 4.59. The smallest absolute Gasteiger partial charge is 0.359 e. The van der Waals surface area contributed by atoms with E-state index < -0.39 is 29.6 Å². The normalized spacial score (nSPS) is 18.0. The Labute approximate surface area is 167 Å². The highest BCUT2D eigenvalue weighted by atomic mass is 19.4. The van der Waals surface area contributed by atoms with E-state index in [1.54, 1.807) is 30.5 Å². The van der Waals surface area contributed by atoms with Gasteiger partial charge in [-0.1, -0.05) is 5.16 Å². The van der Waals surface area contributed by atoms with Crippen LogP contribution in [0.3, 0.4) is 0 Å². The second-order valence-corrected chi connectivity index (χ2v) is 7.52. The molecule has 4 rings (SSSR count). The molecule has 6 nitrogen and oxygen atoms in total. The van der Waals surface area contributed by atoms with Crippen molar-refractivity contribution >= 4 is 22.8 Å². The Morgan fingerprint density at radius 3 is 2.60 bits per heavy atom. The lowest BCUT2D eigenvalue weighted by atomic mass is 10.2. The summed E-state index contributed by atoms with van der Waals surface area (Å²) in [5, 5.41) is 5.61. The third kappa shape index (κ3) is 3.88. The molecule has 3 aromatic rings. The van der Waals surface area contributed by atoms with Gasteiger partial charge in [0.25, 0.3) is 5.92 Å². The average molecular weight is 428 g/mol. The van der Waals surface area contributed by atoms with Gasteiger partial charge in [-0.3, -0.25) is 4.79 Å². The van der Waals surface area contributed by atoms with Gasteiger partial charge in [-0.05, 0) is 31.5 Å². The van der Waals surface area contributed by atoms with Gasteiger partial charge in [0.1, 0.15) is 5.82 Å². The van der Waals surface area contributed by atoms with Gasteiger partial charge in [0.05, 0.1) is 17.6 Å². The molecule has 0 saturated heterocycles. The van der Waals surface area contributed by atoms with E-state index in [1.165, 1.54) is 0 Å². The molecule has 1 fully saturated rings. The summed E-state index contributed by atoms with van der Waals surface area (Å²) in [5.41, 5.74) is 1.32. The number of aromatic nitrogens is 3. The van der Waals surface area contributed by atoms with Crippen molar-refractivity contribution < 1.29 is 31.3 Å². The van der Waals surface area contributed by atoms with Gasteiger partial charge in [-0.2, -0.15) is 13.2 Å². The van der Waals surface area contributed by atoms with Crippen LogP contribution in [0.5, 0.6) is 0 Å². The van der Waals surface area contributed by atoms with Crippen LogP contribution in [-0.4, -0.2) is 26.5 Å². The van der Waals surface area contributed by atoms with E-state index >= 15 is 0 Å². The summed E-state index contributed by atoms with van der Waals surface area (Å²) in [6.45, 7) is 3.46. The van der Waals surface area contributed by atoms with E-state index in [0.717, 1.165) is 6.07 Å². The van der Waals surface area contributed by atoms with Crippen LogP contribution < -0.4 is 5.32 Å². The molecule has 0 aromatic carbocycles. The van der Waals surface area contributed by atoms with E-state index in [-0.39, 0.29) is 31.0 Å². The number of nitrogens with zero attached hydrogens (tertiary/aromatic N) is 3. The Hall–Kier alpha value is -2.98. The van der Waals surface area contributed by atoms with E-state index in [2.05, 4.69) is 15.5 Å². The number of aryl methyl sites for hydroxylation is 2. The van der Waals surface area contributed by atoms with Crippen LogP contribution >= 0.6 is 0 Å². The Bertz CT molecular complexity index is 1130. The fourth-order valence-electron chi connectivity index (χ4n) is 3.31. The van der Waals surface area contributed by atoms with E-state index in [1.807, 2.05) is 0 Å². The number of hydrogen-bond acceptors (Lipinski definition) is 4. The zero-order valence-electron chi connectivity index (χ0n) is 16.0. The average Bonchev–Trinajstić information content (AvgIpc) is 2.98. The first-order valence-corrected chi connectivity index (χ1v) is 9.12. The molecule has 1 atom stereocenters. The molecule has 160 valence electrons. The molecule has 3 aromatic heterocycles. The zero-order chi connectivity index (χ0) is 21.8. The van der Waals surface area contributed by atoms with Crippen LogP contribution in [0.2, 0.25) is 0 Å². The van der Waals surface area contributed by atoms with Crippen molar-refractivity contribution in [1.82, 2.24) is 14.7 Å². The lowest BCUT2D eigenvalue weighted by Gasteiger charge is -2.10. The lowest BCUT2D eigenvalue weighted by Crippen LogP contribution is -2.15. The minimum absolute atomic E-state index is 0.0159. The predicted molar refractivity (Wildman–Crippen MR) is 96.1 cm³/mol. The minimum atomic E-state index is -4.59. The van der Waals surface area contributed by atoms with Crippen molar-refractivity contribution in [2.75, 3.05) is 5.32 Å². The monoisotopic (exact) mass is 428 g/mol. The summed E-state index contributed by atoms with van der Waals surface area (Å²) in [6, 6.07) is 4.27. The highest BCUT2D eigenvalue weighted by molar-refractivity contribution is 5.92. The Morgan fingerprint density at radius 2 is 2.00 bits per heavy atom. The molecule has 1 N–H and O–H groups in total. The molecule has 1 aliphatic rings. The van der Waals surface area contributed by atoms with E-state index in [0.29, 0.717) is 22.3 Å². The van der Waals surface area contributed by atoms with Crippen LogP contribution in [0.4, 0.5) is 27.8 Å². The number of carbonyl (C=O) groups excluding carboxylic acids is 1. The number of halogens is 5. The number of pyridine rings is 1. The van der Waals surface area contributed by atoms with Crippen molar-refractivity contribution in [1.29, 1.82) is 0 Å². The standard InChI is InChI=1S/C19H17F5N4O2/c1-9-3-14-13(25-17(9)26-16(29)5-11-7-18(11,20)21)4-10(2)28(14)8-12-6-15(27-30-12)19(22,23)24/h3-4,6,11H,5,7-8H2,1-2H3,(H,25,26,29)/t11-/m0/s1. The van der Waals surface area contributed by atoms with Gasteiger partial charge in [0.15, 0.2) is 11.5 Å². The molecule has 3 heterocycles. The van der Waals surface area contributed by atoms with Gasteiger partial charge in [-0.25, -0.2) is 13.8 Å². The molecule has 1 aliphatic carbocycles. The van der Waals surface area contributed by atoms with Crippen molar-refractivity contribution in [3.63, 3.8) is 0 Å². The fraction of sp³-hybridized carbons (Fsp3) is 0.421. The summed E-state index contributed by atoms with van der Waals surface area (Å²) >= 11 is 0. The molecule has 0 aliphatic heterocycles. The maximum Gasteiger partial charge on any atom is 0.436 e. The molecular weight excluding hydrogens is 411 g/mol. The molecule has 0 spiro atoms. The van der Waals surface area contributed by atoms with E-state index in [9.17, 15) is 26.7 Å². The number of alkyl halides is 5. The quantitative estimate of drug-likeness (QED) is 0.599. The predicted octanol–water partition coefficient (Wildman–Crippen LogP) is 4.69. The number of amides is 1. The molecule has 11 heteroatoms. The van der Waals surface area contributed by atoms with Gasteiger partial charge >= 0.3 is 6.18 Å². The first-order valence-electron chi connectivity index (χ1n) is 9.12. The highest BCUT2D eigenvalue weighted by Gasteiger charge is 2.57. The first kappa shape index (κ1) is 20.3. The number of anilines is 1. The summed E-state index contributed by atoms with van der Waals surface area (Å²) in [6.07, 6.45) is -5.16. The topological polar surface area (TPSA) is 73.0 Å². The molecule has 30 heavy (non-hydrogen) atoms. The second kappa shape index (κ2) is 6.78. The Morgan fingerprint density at radius 1 is 1.30 bits per heavy atom. The van der Waals surface area contributed by atoms with Crippen LogP contribution in [0.1, 0.15) is 35.6 Å². The van der Waals surface area contributed by atoms with Crippen molar-refractivity contribution in [2.45, 2.75) is 45.3 Å². The maximum absolute atomic E-state index is 13.0. The van der Waals surface area contributed by atoms with Crippen LogP contribution in [0, 0.1) is 19.8 Å². The number of carbonyl (C=O) groups is 1. The second-order valence-electron chi connectivity index (χ2n) is 7.52. The Balaban J connectivity index is 1.56. The molecular formula is C19H17F5N4O2. The van der Waals surface area contributed by atoms with Gasteiger partial charge in [-0.15, -0.1) is 0 Å². The number of rotatable bonds is 5. The number of nitrogens with one attached hydrogen (secondary N) is 1. The van der Waals surface area contributed by atoms with Crippen LogP contribution in [-0.2, 0) is 17.5 Å².